The minimum absolute atomic E-state index is 0.312. The lowest BCUT2D eigenvalue weighted by molar-refractivity contribution is 0.664. The van der Waals surface area contributed by atoms with E-state index < -0.39 is 0 Å². The van der Waals surface area contributed by atoms with Crippen molar-refractivity contribution in [1.29, 1.82) is 0 Å². The summed E-state index contributed by atoms with van der Waals surface area (Å²) in [7, 11) is 1.96. The summed E-state index contributed by atoms with van der Waals surface area (Å²) in [6.45, 7) is 4.18. The largest absolute Gasteiger partial charge is 0.312 e. The van der Waals surface area contributed by atoms with Crippen molar-refractivity contribution in [2.45, 2.75) is 19.9 Å². The van der Waals surface area contributed by atoms with Crippen LogP contribution >= 0.6 is 22.9 Å². The third kappa shape index (κ3) is 2.68. The van der Waals surface area contributed by atoms with Gasteiger partial charge in [0.05, 0.1) is 10.7 Å². The predicted octanol–water partition coefficient (Wildman–Crippen LogP) is 4.05. The van der Waals surface area contributed by atoms with Gasteiger partial charge in [0, 0.05) is 21.5 Å². The van der Waals surface area contributed by atoms with Gasteiger partial charge in [-0.15, -0.1) is 11.3 Å². The fourth-order valence-electron chi connectivity index (χ4n) is 1.68. The third-order valence-corrected chi connectivity index (χ3v) is 4.11. The molecule has 0 spiro atoms. The van der Waals surface area contributed by atoms with Crippen LogP contribution in [0.3, 0.4) is 0 Å². The van der Waals surface area contributed by atoms with Gasteiger partial charge in [0.1, 0.15) is 0 Å². The van der Waals surface area contributed by atoms with Gasteiger partial charge in [-0.2, -0.15) is 0 Å². The van der Waals surface area contributed by atoms with Crippen molar-refractivity contribution in [3.8, 4) is 11.3 Å². The Labute approximate surface area is 111 Å². The number of rotatable bonds is 3. The quantitative estimate of drug-likeness (QED) is 0.907. The molecule has 0 aliphatic heterocycles. The molecule has 0 amide bonds. The average molecular weight is 267 g/mol. The number of nitrogens with one attached hydrogen (secondary N) is 1. The summed E-state index contributed by atoms with van der Waals surface area (Å²) in [5, 5.41) is 5.10. The van der Waals surface area contributed by atoms with Gasteiger partial charge in [0.25, 0.3) is 0 Å². The van der Waals surface area contributed by atoms with Crippen LogP contribution in [0, 0.1) is 6.92 Å². The SMILES string of the molecule is CNC(C)c1sc(C)nc1-c1ccc(Cl)cc1. The minimum atomic E-state index is 0.312. The molecule has 1 aromatic carbocycles. The first-order valence-corrected chi connectivity index (χ1v) is 6.71. The zero-order valence-corrected chi connectivity index (χ0v) is 11.7. The van der Waals surface area contributed by atoms with Crippen LogP contribution in [0.4, 0.5) is 0 Å². The summed E-state index contributed by atoms with van der Waals surface area (Å²) < 4.78 is 0. The maximum atomic E-state index is 5.90. The van der Waals surface area contributed by atoms with E-state index in [-0.39, 0.29) is 0 Å². The summed E-state index contributed by atoms with van der Waals surface area (Å²) in [4.78, 5) is 5.89. The van der Waals surface area contributed by atoms with Gasteiger partial charge in [-0.1, -0.05) is 23.7 Å². The summed E-state index contributed by atoms with van der Waals surface area (Å²) in [6, 6.07) is 8.15. The van der Waals surface area contributed by atoms with Gasteiger partial charge in [0.15, 0.2) is 0 Å². The fourth-order valence-corrected chi connectivity index (χ4v) is 2.82. The molecule has 0 aliphatic rings. The molecular weight excluding hydrogens is 252 g/mol. The van der Waals surface area contributed by atoms with E-state index in [9.17, 15) is 0 Å². The Morgan fingerprint density at radius 2 is 1.94 bits per heavy atom. The van der Waals surface area contributed by atoms with Crippen LogP contribution in [0.25, 0.3) is 11.3 Å². The third-order valence-electron chi connectivity index (χ3n) is 2.70. The Morgan fingerprint density at radius 3 is 2.53 bits per heavy atom. The van der Waals surface area contributed by atoms with Crippen molar-refractivity contribution in [1.82, 2.24) is 10.3 Å². The van der Waals surface area contributed by atoms with Crippen molar-refractivity contribution >= 4 is 22.9 Å². The Bertz CT molecular complexity index is 505. The van der Waals surface area contributed by atoms with Crippen molar-refractivity contribution in [3.63, 3.8) is 0 Å². The van der Waals surface area contributed by atoms with Crippen molar-refractivity contribution in [2.24, 2.45) is 0 Å². The fraction of sp³-hybridized carbons (Fsp3) is 0.308. The highest BCUT2D eigenvalue weighted by Gasteiger charge is 2.15. The second kappa shape index (κ2) is 5.17. The predicted molar refractivity (Wildman–Crippen MR) is 74.8 cm³/mol. The number of nitrogens with zero attached hydrogens (tertiary/aromatic N) is 1. The standard InChI is InChI=1S/C13H15ClN2S/c1-8(15-3)13-12(16-9(2)17-13)10-4-6-11(14)7-5-10/h4-8,15H,1-3H3. The van der Waals surface area contributed by atoms with Gasteiger partial charge < -0.3 is 5.32 Å². The number of thiazole rings is 1. The highest BCUT2D eigenvalue weighted by atomic mass is 35.5. The second-order valence-corrected chi connectivity index (χ2v) is 5.63. The summed E-state index contributed by atoms with van der Waals surface area (Å²) in [5.74, 6) is 0. The summed E-state index contributed by atoms with van der Waals surface area (Å²) >= 11 is 7.64. The second-order valence-electron chi connectivity index (χ2n) is 3.96. The molecule has 0 fully saturated rings. The van der Waals surface area contributed by atoms with Gasteiger partial charge >= 0.3 is 0 Å². The Balaban J connectivity index is 2.47. The molecule has 2 aromatic rings. The first kappa shape index (κ1) is 12.6. The Hall–Kier alpha value is -0.900. The van der Waals surface area contributed by atoms with Crippen LogP contribution in [-0.2, 0) is 0 Å². The van der Waals surface area contributed by atoms with Crippen molar-refractivity contribution in [3.05, 3.63) is 39.2 Å². The Morgan fingerprint density at radius 1 is 1.29 bits per heavy atom. The topological polar surface area (TPSA) is 24.9 Å². The van der Waals surface area contributed by atoms with Crippen LogP contribution in [0.1, 0.15) is 22.9 Å². The lowest BCUT2D eigenvalue weighted by Crippen LogP contribution is -2.11. The minimum Gasteiger partial charge on any atom is -0.312 e. The number of hydrogen-bond acceptors (Lipinski definition) is 3. The highest BCUT2D eigenvalue weighted by molar-refractivity contribution is 7.12. The maximum absolute atomic E-state index is 5.90. The lowest BCUT2D eigenvalue weighted by atomic mass is 10.1. The first-order valence-electron chi connectivity index (χ1n) is 5.52. The van der Waals surface area contributed by atoms with E-state index in [0.717, 1.165) is 21.3 Å². The number of aryl methyl sites for hydroxylation is 1. The molecule has 1 unspecified atom stereocenters. The molecule has 1 aromatic heterocycles. The summed E-state index contributed by atoms with van der Waals surface area (Å²) in [5.41, 5.74) is 2.18. The molecule has 1 N–H and O–H groups in total. The first-order chi connectivity index (χ1) is 8.11. The van der Waals surface area contributed by atoms with Crippen molar-refractivity contribution in [2.75, 3.05) is 7.05 Å². The zero-order valence-electron chi connectivity index (χ0n) is 10.1. The molecule has 90 valence electrons. The van der Waals surface area contributed by atoms with E-state index in [1.807, 2.05) is 38.2 Å². The number of benzene rings is 1. The number of halogens is 1. The van der Waals surface area contributed by atoms with Gasteiger partial charge in [-0.25, -0.2) is 4.98 Å². The van der Waals surface area contributed by atoms with E-state index in [2.05, 4.69) is 17.2 Å². The molecule has 0 radical (unpaired) electrons. The monoisotopic (exact) mass is 266 g/mol. The highest BCUT2D eigenvalue weighted by Crippen LogP contribution is 2.32. The molecule has 2 rings (SSSR count). The molecule has 0 bridgehead atoms. The number of hydrogen-bond donors (Lipinski definition) is 1. The van der Waals surface area contributed by atoms with Gasteiger partial charge in [-0.05, 0) is 33.0 Å². The molecule has 0 saturated carbocycles. The van der Waals surface area contributed by atoms with Crippen LogP contribution in [0.2, 0.25) is 5.02 Å². The van der Waals surface area contributed by atoms with E-state index in [0.29, 0.717) is 6.04 Å². The normalized spacial score (nSPS) is 12.7. The molecule has 17 heavy (non-hydrogen) atoms. The van der Waals surface area contributed by atoms with Crippen molar-refractivity contribution < 1.29 is 0 Å². The summed E-state index contributed by atoms with van der Waals surface area (Å²) in [6.07, 6.45) is 0. The Kier molecular flexibility index (Phi) is 3.82. The smallest absolute Gasteiger partial charge is 0.0905 e. The van der Waals surface area contributed by atoms with Crippen LogP contribution < -0.4 is 5.32 Å². The molecular formula is C13H15ClN2S. The molecule has 2 nitrogen and oxygen atoms in total. The molecule has 1 atom stereocenters. The van der Waals surface area contributed by atoms with Gasteiger partial charge in [-0.3, -0.25) is 0 Å². The van der Waals surface area contributed by atoms with Gasteiger partial charge in [0.2, 0.25) is 0 Å². The lowest BCUT2D eigenvalue weighted by Gasteiger charge is -2.09. The van der Waals surface area contributed by atoms with E-state index >= 15 is 0 Å². The molecule has 0 aliphatic carbocycles. The average Bonchev–Trinajstić information content (AvgIpc) is 2.71. The zero-order chi connectivity index (χ0) is 12.4. The molecule has 1 heterocycles. The molecule has 0 saturated heterocycles. The van der Waals surface area contributed by atoms with Crippen LogP contribution in [0.5, 0.6) is 0 Å². The van der Waals surface area contributed by atoms with Crippen LogP contribution in [-0.4, -0.2) is 12.0 Å². The maximum Gasteiger partial charge on any atom is 0.0905 e. The number of aromatic nitrogens is 1. The van der Waals surface area contributed by atoms with E-state index in [1.54, 1.807) is 11.3 Å². The molecule has 4 heteroatoms. The van der Waals surface area contributed by atoms with E-state index in [1.165, 1.54) is 4.88 Å². The van der Waals surface area contributed by atoms with E-state index in [4.69, 9.17) is 11.6 Å². The van der Waals surface area contributed by atoms with Crippen LogP contribution in [0.15, 0.2) is 24.3 Å².